The molecule has 1 heterocycles. The number of amides is 1. The van der Waals surface area contributed by atoms with Crippen LogP contribution in [-0.2, 0) is 26.1 Å². The Morgan fingerprint density at radius 1 is 1.05 bits per heavy atom. The molecule has 12 heteroatoms. The fourth-order valence-corrected chi connectivity index (χ4v) is 5.68. The van der Waals surface area contributed by atoms with E-state index in [-0.39, 0.29) is 28.6 Å². The first-order valence-corrected chi connectivity index (χ1v) is 14.1. The third-order valence-electron chi connectivity index (χ3n) is 5.70. The molecule has 214 valence electrons. The molecule has 1 atom stereocenters. The number of carbonyl (C=O) groups excluding carboxylic acids is 2. The third kappa shape index (κ3) is 7.92. The summed E-state index contributed by atoms with van der Waals surface area (Å²) in [6.45, 7) is 12.3. The van der Waals surface area contributed by atoms with Crippen LogP contribution in [0.4, 0.5) is 17.5 Å². The number of nitrogens with zero attached hydrogens (tertiary/aromatic N) is 2. The second-order valence-electron chi connectivity index (χ2n) is 10.6. The zero-order valence-electron chi connectivity index (χ0n) is 23.7. The highest BCUT2D eigenvalue weighted by Crippen LogP contribution is 2.27. The van der Waals surface area contributed by atoms with Crippen LogP contribution in [0.5, 0.6) is 0 Å². The lowest BCUT2D eigenvalue weighted by Gasteiger charge is -2.23. The van der Waals surface area contributed by atoms with Crippen LogP contribution in [-0.4, -0.2) is 41.9 Å². The van der Waals surface area contributed by atoms with Crippen LogP contribution in [0, 0.1) is 20.8 Å². The highest BCUT2D eigenvalue weighted by atomic mass is 32.2. The Morgan fingerprint density at radius 2 is 1.70 bits per heavy atom. The number of nitrogens with one attached hydrogen (secondary N) is 3. The van der Waals surface area contributed by atoms with Crippen LogP contribution in [0.25, 0.3) is 0 Å². The van der Waals surface area contributed by atoms with Crippen molar-refractivity contribution in [3.8, 4) is 0 Å². The summed E-state index contributed by atoms with van der Waals surface area (Å²) in [6, 6.07) is 8.96. The smallest absolute Gasteiger partial charge is 0.328 e. The third-order valence-corrected chi connectivity index (χ3v) is 7.37. The molecule has 0 bridgehead atoms. The fourth-order valence-electron chi connectivity index (χ4n) is 4.16. The zero-order valence-corrected chi connectivity index (χ0v) is 24.6. The van der Waals surface area contributed by atoms with E-state index >= 15 is 0 Å². The van der Waals surface area contributed by atoms with Gasteiger partial charge in [0.25, 0.3) is 15.9 Å². The SMILES string of the molecule is Cc1cc(C)c(S(=O)(=O)Nc2cc(CNc3ccnc(N)n3)ccc2C(=O)N[C@@H](C)C(=O)OC(C)(C)C)c(C)c1. The van der Waals surface area contributed by atoms with Gasteiger partial charge in [0.15, 0.2) is 0 Å². The number of nitrogen functional groups attached to an aromatic ring is 1. The van der Waals surface area contributed by atoms with Gasteiger partial charge in [0, 0.05) is 12.7 Å². The molecule has 2 aromatic carbocycles. The van der Waals surface area contributed by atoms with Crippen molar-refractivity contribution in [2.75, 3.05) is 15.8 Å². The van der Waals surface area contributed by atoms with E-state index in [0.29, 0.717) is 22.5 Å². The number of nitrogens with two attached hydrogens (primary N) is 1. The maximum atomic E-state index is 13.6. The van der Waals surface area contributed by atoms with Crippen LogP contribution in [0.3, 0.4) is 0 Å². The van der Waals surface area contributed by atoms with Crippen LogP contribution in [0.15, 0.2) is 47.5 Å². The molecule has 0 aliphatic heterocycles. The normalized spacial score (nSPS) is 12.4. The van der Waals surface area contributed by atoms with Gasteiger partial charge in [-0.2, -0.15) is 4.98 Å². The molecule has 0 unspecified atom stereocenters. The molecule has 1 amide bonds. The maximum absolute atomic E-state index is 13.6. The van der Waals surface area contributed by atoms with Crippen molar-refractivity contribution in [2.45, 2.75) is 71.5 Å². The van der Waals surface area contributed by atoms with Crippen molar-refractivity contribution in [3.05, 3.63) is 70.4 Å². The maximum Gasteiger partial charge on any atom is 0.328 e. The molecule has 0 spiro atoms. The molecule has 0 fully saturated rings. The number of sulfonamides is 1. The molecular weight excluding hydrogens is 532 g/mol. The molecule has 5 N–H and O–H groups in total. The van der Waals surface area contributed by atoms with Crippen molar-refractivity contribution in [1.29, 1.82) is 0 Å². The van der Waals surface area contributed by atoms with Crippen LogP contribution in [0.1, 0.15) is 60.3 Å². The first kappa shape index (κ1) is 30.4. The van der Waals surface area contributed by atoms with E-state index in [9.17, 15) is 18.0 Å². The number of hydrogen-bond acceptors (Lipinski definition) is 9. The topological polar surface area (TPSA) is 165 Å². The number of anilines is 3. The average molecular weight is 569 g/mol. The summed E-state index contributed by atoms with van der Waals surface area (Å²) < 4.78 is 35.1. The largest absolute Gasteiger partial charge is 0.458 e. The van der Waals surface area contributed by atoms with Crippen molar-refractivity contribution in [2.24, 2.45) is 0 Å². The minimum Gasteiger partial charge on any atom is -0.458 e. The van der Waals surface area contributed by atoms with Gasteiger partial charge in [0.1, 0.15) is 17.5 Å². The molecule has 0 saturated heterocycles. The molecule has 3 rings (SSSR count). The minimum absolute atomic E-state index is 0.0384. The van der Waals surface area contributed by atoms with E-state index in [2.05, 4.69) is 25.3 Å². The molecule has 3 aromatic rings. The van der Waals surface area contributed by atoms with Crippen molar-refractivity contribution in [3.63, 3.8) is 0 Å². The number of aromatic nitrogens is 2. The van der Waals surface area contributed by atoms with Crippen LogP contribution >= 0.6 is 0 Å². The van der Waals surface area contributed by atoms with Gasteiger partial charge >= 0.3 is 5.97 Å². The highest BCUT2D eigenvalue weighted by Gasteiger charge is 2.26. The summed E-state index contributed by atoms with van der Waals surface area (Å²) in [7, 11) is -4.08. The summed E-state index contributed by atoms with van der Waals surface area (Å²) in [6.07, 6.45) is 1.51. The Bertz CT molecular complexity index is 1510. The van der Waals surface area contributed by atoms with Gasteiger partial charge in [-0.25, -0.2) is 18.2 Å². The Kier molecular flexibility index (Phi) is 9.03. The second kappa shape index (κ2) is 11.9. The van der Waals surface area contributed by atoms with Gasteiger partial charge in [0.2, 0.25) is 5.95 Å². The summed E-state index contributed by atoms with van der Waals surface area (Å²) in [5.41, 5.74) is 7.74. The number of hydrogen-bond donors (Lipinski definition) is 4. The lowest BCUT2D eigenvalue weighted by atomic mass is 10.1. The number of rotatable bonds is 9. The summed E-state index contributed by atoms with van der Waals surface area (Å²) >= 11 is 0. The molecule has 0 radical (unpaired) electrons. The molecular formula is C28H36N6O5S. The number of carbonyl (C=O) groups is 2. The van der Waals surface area contributed by atoms with E-state index < -0.39 is 33.5 Å². The highest BCUT2D eigenvalue weighted by molar-refractivity contribution is 7.92. The van der Waals surface area contributed by atoms with E-state index in [1.807, 2.05) is 6.92 Å². The Morgan fingerprint density at radius 3 is 2.30 bits per heavy atom. The van der Waals surface area contributed by atoms with Crippen molar-refractivity contribution in [1.82, 2.24) is 15.3 Å². The Labute approximate surface area is 235 Å². The first-order valence-electron chi connectivity index (χ1n) is 12.7. The average Bonchev–Trinajstić information content (AvgIpc) is 2.80. The van der Waals surface area contributed by atoms with Crippen molar-refractivity contribution >= 4 is 39.4 Å². The number of ether oxygens (including phenoxy) is 1. The number of benzene rings is 2. The predicted octanol–water partition coefficient (Wildman–Crippen LogP) is 3.86. The molecule has 0 aliphatic carbocycles. The van der Waals surface area contributed by atoms with Gasteiger partial charge in [-0.1, -0.05) is 23.8 Å². The van der Waals surface area contributed by atoms with E-state index in [4.69, 9.17) is 10.5 Å². The van der Waals surface area contributed by atoms with Gasteiger partial charge in [-0.05, 0) is 83.4 Å². The van der Waals surface area contributed by atoms with Crippen LogP contribution < -0.4 is 21.1 Å². The predicted molar refractivity (Wildman–Crippen MR) is 154 cm³/mol. The molecule has 0 aliphatic rings. The first-order chi connectivity index (χ1) is 18.6. The second-order valence-corrected chi connectivity index (χ2v) is 12.2. The number of aryl methyl sites for hydroxylation is 3. The molecule has 1 aromatic heterocycles. The summed E-state index contributed by atoms with van der Waals surface area (Å²) in [5, 5.41) is 5.70. The standard InChI is InChI=1S/C28H36N6O5S/c1-16-12-17(2)24(18(3)13-16)40(37,38)34-22-14-20(15-31-23-10-11-30-27(29)33-23)8-9-21(22)25(35)32-19(4)26(36)39-28(5,6)7/h8-14,19,34H,15H2,1-7H3,(H,32,35)(H3,29,30,31,33)/t19-/m0/s1. The monoisotopic (exact) mass is 568 g/mol. The number of esters is 1. The van der Waals surface area contributed by atoms with Crippen LogP contribution in [0.2, 0.25) is 0 Å². The van der Waals surface area contributed by atoms with E-state index in [1.165, 1.54) is 19.2 Å². The summed E-state index contributed by atoms with van der Waals surface area (Å²) in [5.74, 6) is -0.669. The van der Waals surface area contributed by atoms with E-state index in [1.54, 1.807) is 65.0 Å². The van der Waals surface area contributed by atoms with Gasteiger partial charge in [-0.3, -0.25) is 9.52 Å². The van der Waals surface area contributed by atoms with Gasteiger partial charge < -0.3 is 21.1 Å². The zero-order chi connectivity index (χ0) is 29.8. The fraction of sp³-hybridized carbons (Fsp3) is 0.357. The summed E-state index contributed by atoms with van der Waals surface area (Å²) in [4.78, 5) is 33.8. The minimum atomic E-state index is -4.08. The lowest BCUT2D eigenvalue weighted by Crippen LogP contribution is -2.42. The van der Waals surface area contributed by atoms with Gasteiger partial charge in [0.05, 0.1) is 16.1 Å². The van der Waals surface area contributed by atoms with E-state index in [0.717, 1.165) is 5.56 Å². The molecule has 40 heavy (non-hydrogen) atoms. The molecule has 0 saturated carbocycles. The Hall–Kier alpha value is -4.19. The quantitative estimate of drug-likeness (QED) is 0.280. The lowest BCUT2D eigenvalue weighted by molar-refractivity contribution is -0.156. The molecule has 11 nitrogen and oxygen atoms in total. The van der Waals surface area contributed by atoms with Crippen molar-refractivity contribution < 1.29 is 22.7 Å². The Balaban J connectivity index is 1.96. The van der Waals surface area contributed by atoms with Gasteiger partial charge in [-0.15, -0.1) is 0 Å².